The second kappa shape index (κ2) is 5.60. The van der Waals surface area contributed by atoms with E-state index in [4.69, 9.17) is 0 Å². The largest absolute Gasteiger partial charge is 0.469 e. The van der Waals surface area contributed by atoms with Crippen LogP contribution in [0.5, 0.6) is 0 Å². The van der Waals surface area contributed by atoms with Gasteiger partial charge in [-0.15, -0.1) is 12.4 Å². The molecule has 0 unspecified atom stereocenters. The molecule has 0 aliphatic rings. The molecule has 0 bridgehead atoms. The Morgan fingerprint density at radius 1 is 1.75 bits per heavy atom. The number of nitrogens with one attached hydrogen (secondary N) is 1. The lowest BCUT2D eigenvalue weighted by atomic mass is 10.2. The topological polar surface area (TPSA) is 55.0 Å². The van der Waals surface area contributed by atoms with E-state index in [9.17, 15) is 4.79 Å². The summed E-state index contributed by atoms with van der Waals surface area (Å²) >= 11 is 0. The summed E-state index contributed by atoms with van der Waals surface area (Å²) in [4.78, 5) is 17.4. The number of H-pyrrole nitrogens is 1. The van der Waals surface area contributed by atoms with Crippen LogP contribution in [-0.4, -0.2) is 23.0 Å². The van der Waals surface area contributed by atoms with Gasteiger partial charge in [-0.2, -0.15) is 0 Å². The van der Waals surface area contributed by atoms with Crippen LogP contribution in [-0.2, 0) is 16.0 Å². The molecule has 0 radical (unpaired) electrons. The van der Waals surface area contributed by atoms with Gasteiger partial charge in [0.1, 0.15) is 0 Å². The van der Waals surface area contributed by atoms with Crippen LogP contribution in [0, 0.1) is 0 Å². The molecule has 1 aromatic heterocycles. The van der Waals surface area contributed by atoms with Gasteiger partial charge in [0.25, 0.3) is 0 Å². The molecule has 68 valence electrons. The molecule has 4 nitrogen and oxygen atoms in total. The second-order valence-electron chi connectivity index (χ2n) is 2.15. The van der Waals surface area contributed by atoms with Crippen molar-refractivity contribution in [2.75, 3.05) is 7.11 Å². The van der Waals surface area contributed by atoms with Crippen LogP contribution in [0.2, 0.25) is 0 Å². The maximum Gasteiger partial charge on any atom is 0.305 e. The quantitative estimate of drug-likeness (QED) is 0.722. The number of carbonyl (C=O) groups excluding carboxylic acids is 1. The number of aromatic amines is 1. The molecule has 0 aliphatic carbocycles. The number of imidazole rings is 1. The number of nitrogens with zero attached hydrogens (tertiary/aromatic N) is 1. The number of halogens is 1. The first kappa shape index (κ1) is 11.0. The lowest BCUT2D eigenvalue weighted by Gasteiger charge is -1.95. The minimum atomic E-state index is -0.195. The van der Waals surface area contributed by atoms with E-state index >= 15 is 0 Å². The van der Waals surface area contributed by atoms with Crippen molar-refractivity contribution in [3.8, 4) is 0 Å². The van der Waals surface area contributed by atoms with Crippen LogP contribution in [0.3, 0.4) is 0 Å². The highest BCUT2D eigenvalue weighted by atomic mass is 35.5. The molecule has 0 amide bonds. The summed E-state index contributed by atoms with van der Waals surface area (Å²) in [6.07, 6.45) is 4.35. The number of aryl methyl sites for hydroxylation is 1. The molecular weight excluding hydrogens is 180 g/mol. The number of aromatic nitrogens is 2. The minimum absolute atomic E-state index is 0. The van der Waals surface area contributed by atoms with Crippen molar-refractivity contribution in [1.82, 2.24) is 9.97 Å². The first-order valence-corrected chi connectivity index (χ1v) is 3.37. The van der Waals surface area contributed by atoms with Crippen molar-refractivity contribution < 1.29 is 9.53 Å². The van der Waals surface area contributed by atoms with Crippen molar-refractivity contribution in [3.63, 3.8) is 0 Å². The van der Waals surface area contributed by atoms with E-state index in [1.165, 1.54) is 7.11 Å². The Bertz CT molecular complexity index is 223. The van der Waals surface area contributed by atoms with Gasteiger partial charge < -0.3 is 9.72 Å². The Hall–Kier alpha value is -1.03. The summed E-state index contributed by atoms with van der Waals surface area (Å²) in [6, 6.07) is 0. The molecule has 0 fully saturated rings. The molecule has 0 aromatic carbocycles. The SMILES string of the molecule is COC(=O)CCc1cnc[nH]1.Cl. The highest BCUT2D eigenvalue weighted by molar-refractivity contribution is 5.85. The average molecular weight is 191 g/mol. The van der Waals surface area contributed by atoms with Gasteiger partial charge in [-0.25, -0.2) is 4.98 Å². The van der Waals surface area contributed by atoms with Crippen LogP contribution in [0.4, 0.5) is 0 Å². The number of esters is 1. The summed E-state index contributed by atoms with van der Waals surface area (Å²) in [7, 11) is 1.38. The Labute approximate surface area is 76.7 Å². The Kier molecular flexibility index (Phi) is 5.12. The summed E-state index contributed by atoms with van der Waals surface area (Å²) in [5.41, 5.74) is 0.954. The summed E-state index contributed by atoms with van der Waals surface area (Å²) in [5, 5.41) is 0. The lowest BCUT2D eigenvalue weighted by Crippen LogP contribution is -2.01. The first-order chi connectivity index (χ1) is 5.33. The van der Waals surface area contributed by atoms with E-state index < -0.39 is 0 Å². The smallest absolute Gasteiger partial charge is 0.305 e. The zero-order chi connectivity index (χ0) is 8.10. The number of hydrogen-bond acceptors (Lipinski definition) is 3. The van der Waals surface area contributed by atoms with E-state index in [1.807, 2.05) is 0 Å². The second-order valence-corrected chi connectivity index (χ2v) is 2.15. The summed E-state index contributed by atoms with van der Waals surface area (Å²) < 4.78 is 4.48. The van der Waals surface area contributed by atoms with Gasteiger partial charge in [0, 0.05) is 11.9 Å². The summed E-state index contributed by atoms with van der Waals surface area (Å²) in [5.74, 6) is -0.195. The number of carbonyl (C=O) groups is 1. The number of ether oxygens (including phenoxy) is 1. The fourth-order valence-electron chi connectivity index (χ4n) is 0.760. The maximum absolute atomic E-state index is 10.7. The number of hydrogen-bond donors (Lipinski definition) is 1. The Morgan fingerprint density at radius 2 is 2.50 bits per heavy atom. The van der Waals surface area contributed by atoms with Crippen LogP contribution >= 0.6 is 12.4 Å². The molecule has 0 saturated carbocycles. The lowest BCUT2D eigenvalue weighted by molar-refractivity contribution is -0.140. The fourth-order valence-corrected chi connectivity index (χ4v) is 0.760. The fraction of sp³-hybridized carbons (Fsp3) is 0.429. The van der Waals surface area contributed by atoms with Gasteiger partial charge in [0.15, 0.2) is 0 Å². The van der Waals surface area contributed by atoms with E-state index in [2.05, 4.69) is 14.7 Å². The third kappa shape index (κ3) is 3.39. The molecule has 12 heavy (non-hydrogen) atoms. The predicted octanol–water partition coefficient (Wildman–Crippen LogP) is 0.937. The Balaban J connectivity index is 0.00000121. The highest BCUT2D eigenvalue weighted by Gasteiger charge is 2.00. The van der Waals surface area contributed by atoms with E-state index in [-0.39, 0.29) is 18.4 Å². The molecule has 5 heteroatoms. The zero-order valence-corrected chi connectivity index (χ0v) is 7.56. The molecule has 1 heterocycles. The van der Waals surface area contributed by atoms with Gasteiger partial charge in [0.05, 0.1) is 19.9 Å². The van der Waals surface area contributed by atoms with Crippen LogP contribution < -0.4 is 0 Å². The van der Waals surface area contributed by atoms with Crippen LogP contribution in [0.15, 0.2) is 12.5 Å². The van der Waals surface area contributed by atoms with E-state index in [0.717, 1.165) is 5.69 Å². The molecule has 0 atom stereocenters. The van der Waals surface area contributed by atoms with Crippen molar-refractivity contribution in [2.45, 2.75) is 12.8 Å². The zero-order valence-electron chi connectivity index (χ0n) is 6.74. The van der Waals surface area contributed by atoms with Gasteiger partial charge in [0.2, 0.25) is 0 Å². The molecule has 0 saturated heterocycles. The van der Waals surface area contributed by atoms with Crippen molar-refractivity contribution in [3.05, 3.63) is 18.2 Å². The van der Waals surface area contributed by atoms with Crippen molar-refractivity contribution >= 4 is 18.4 Å². The normalized spacial score (nSPS) is 8.75. The molecule has 1 aromatic rings. The van der Waals surface area contributed by atoms with E-state index in [1.54, 1.807) is 12.5 Å². The highest BCUT2D eigenvalue weighted by Crippen LogP contribution is 1.97. The van der Waals surface area contributed by atoms with Crippen molar-refractivity contribution in [2.24, 2.45) is 0 Å². The molecule has 1 N–H and O–H groups in total. The van der Waals surface area contributed by atoms with Gasteiger partial charge in [-0.05, 0) is 6.42 Å². The van der Waals surface area contributed by atoms with E-state index in [0.29, 0.717) is 12.8 Å². The predicted molar refractivity (Wildman–Crippen MR) is 46.2 cm³/mol. The van der Waals surface area contributed by atoms with Crippen LogP contribution in [0.1, 0.15) is 12.1 Å². The monoisotopic (exact) mass is 190 g/mol. The standard InChI is InChI=1S/C7H10N2O2.ClH/c1-11-7(10)3-2-6-4-8-5-9-6;/h4-5H,2-3H2,1H3,(H,8,9);1H. The third-order valence-corrected chi connectivity index (χ3v) is 1.38. The summed E-state index contributed by atoms with van der Waals surface area (Å²) in [6.45, 7) is 0. The molecule has 1 rings (SSSR count). The average Bonchev–Trinajstić information content (AvgIpc) is 2.52. The van der Waals surface area contributed by atoms with Gasteiger partial charge >= 0.3 is 5.97 Å². The van der Waals surface area contributed by atoms with Gasteiger partial charge in [-0.3, -0.25) is 4.79 Å². The maximum atomic E-state index is 10.7. The van der Waals surface area contributed by atoms with Crippen molar-refractivity contribution in [1.29, 1.82) is 0 Å². The Morgan fingerprint density at radius 3 is 3.00 bits per heavy atom. The number of rotatable bonds is 3. The third-order valence-electron chi connectivity index (χ3n) is 1.38. The molecule has 0 aliphatic heterocycles. The van der Waals surface area contributed by atoms with Gasteiger partial charge in [-0.1, -0.05) is 0 Å². The number of methoxy groups -OCH3 is 1. The molecular formula is C7H11ClN2O2. The molecule has 0 spiro atoms. The van der Waals surface area contributed by atoms with Crippen LogP contribution in [0.25, 0.3) is 0 Å². The first-order valence-electron chi connectivity index (χ1n) is 3.37. The minimum Gasteiger partial charge on any atom is -0.469 e.